The van der Waals surface area contributed by atoms with Gasteiger partial charge in [0.25, 0.3) is 5.22 Å². The van der Waals surface area contributed by atoms with Crippen molar-refractivity contribution in [1.82, 2.24) is 10.2 Å². The van der Waals surface area contributed by atoms with E-state index in [2.05, 4.69) is 10.2 Å². The highest BCUT2D eigenvalue weighted by Crippen LogP contribution is 2.29. The molecule has 0 unspecified atom stereocenters. The fraction of sp³-hybridized carbons (Fsp3) is 0.214. The number of thioether (sulfide) groups is 1. The molecule has 2 rings (SSSR count). The minimum absolute atomic E-state index is 0.0363. The van der Waals surface area contributed by atoms with E-state index < -0.39 is 5.97 Å². The molecule has 0 aliphatic rings. The largest absolute Gasteiger partial charge is 0.544 e. The predicted molar refractivity (Wildman–Crippen MR) is 75.5 cm³/mol. The smallest absolute Gasteiger partial charge is 0.281 e. The highest BCUT2D eigenvalue weighted by molar-refractivity contribution is 8.03. The number of carboxylic acids is 1. The zero-order chi connectivity index (χ0) is 15.2. The summed E-state index contributed by atoms with van der Waals surface area (Å²) in [4.78, 5) is 11.2. The first-order valence-corrected chi connectivity index (χ1v) is 7.04. The van der Waals surface area contributed by atoms with Crippen molar-refractivity contribution in [3.63, 3.8) is 0 Å². The summed E-state index contributed by atoms with van der Waals surface area (Å²) in [5, 5.41) is 18.8. The van der Waals surface area contributed by atoms with Crippen molar-refractivity contribution in [2.75, 3.05) is 6.61 Å². The summed E-state index contributed by atoms with van der Waals surface area (Å²) in [7, 11) is 0. The lowest BCUT2D eigenvalue weighted by Crippen LogP contribution is -2.23. The Labute approximate surface area is 125 Å². The van der Waals surface area contributed by atoms with Crippen molar-refractivity contribution in [3.05, 3.63) is 40.6 Å². The molecule has 1 aromatic carbocycles. The molecule has 0 amide bonds. The summed E-state index contributed by atoms with van der Waals surface area (Å²) in [6.07, 6.45) is 1.46. The molecule has 0 spiro atoms. The predicted octanol–water partition coefficient (Wildman–Crippen LogP) is 1.66. The molecule has 1 heterocycles. The maximum absolute atomic E-state index is 11.3. The van der Waals surface area contributed by atoms with Gasteiger partial charge in [0.15, 0.2) is 0 Å². The van der Waals surface area contributed by atoms with Gasteiger partial charge in [0.05, 0.1) is 12.6 Å². The third kappa shape index (κ3) is 4.09. The van der Waals surface area contributed by atoms with E-state index in [0.29, 0.717) is 23.8 Å². The van der Waals surface area contributed by atoms with Crippen molar-refractivity contribution in [2.45, 2.75) is 19.1 Å². The van der Waals surface area contributed by atoms with Crippen molar-refractivity contribution in [1.29, 1.82) is 0 Å². The van der Waals surface area contributed by atoms with Gasteiger partial charge >= 0.3 is 0 Å². The second kappa shape index (κ2) is 6.94. The standard InChI is InChI=1S/C14H14N2O4S/c1-3-19-11-7-5-4-6-10(11)8-12(13(17)18)21-14-16-15-9(2)20-14/h4-8H,3H2,1-2H3,(H,17,18)/p-1/b12-8-. The number of para-hydroxylation sites is 1. The van der Waals surface area contributed by atoms with Crippen LogP contribution in [-0.4, -0.2) is 22.8 Å². The van der Waals surface area contributed by atoms with Crippen LogP contribution in [0.2, 0.25) is 0 Å². The van der Waals surface area contributed by atoms with Crippen molar-refractivity contribution in [3.8, 4) is 5.75 Å². The maximum atomic E-state index is 11.3. The van der Waals surface area contributed by atoms with E-state index >= 15 is 0 Å². The lowest BCUT2D eigenvalue weighted by Gasteiger charge is -2.09. The Morgan fingerprint density at radius 2 is 2.19 bits per heavy atom. The quantitative estimate of drug-likeness (QED) is 0.592. The molecule has 0 saturated carbocycles. The Kier molecular flexibility index (Phi) is 4.99. The van der Waals surface area contributed by atoms with E-state index in [-0.39, 0.29) is 10.1 Å². The number of nitrogens with zero attached hydrogens (tertiary/aromatic N) is 2. The van der Waals surface area contributed by atoms with Gasteiger partial charge in [-0.1, -0.05) is 18.2 Å². The molecule has 0 N–H and O–H groups in total. The molecule has 1 aromatic heterocycles. The summed E-state index contributed by atoms with van der Waals surface area (Å²) < 4.78 is 10.6. The fourth-order valence-corrected chi connectivity index (χ4v) is 2.27. The number of aromatic nitrogens is 2. The van der Waals surface area contributed by atoms with Gasteiger partial charge in [0.1, 0.15) is 5.75 Å². The number of rotatable bonds is 6. The van der Waals surface area contributed by atoms with Gasteiger partial charge in [0.2, 0.25) is 5.89 Å². The fourth-order valence-electron chi connectivity index (χ4n) is 1.57. The summed E-state index contributed by atoms with van der Waals surface area (Å²) in [6.45, 7) is 3.97. The Hall–Kier alpha value is -2.28. The normalized spacial score (nSPS) is 11.4. The first-order valence-electron chi connectivity index (χ1n) is 6.23. The number of benzene rings is 1. The molecular weight excluding hydrogens is 292 g/mol. The Morgan fingerprint density at radius 1 is 1.43 bits per heavy atom. The van der Waals surface area contributed by atoms with Crippen LogP contribution >= 0.6 is 11.8 Å². The first kappa shape index (κ1) is 15.1. The van der Waals surface area contributed by atoms with Gasteiger partial charge in [-0.2, -0.15) is 0 Å². The van der Waals surface area contributed by atoms with Crippen molar-refractivity contribution < 1.29 is 19.1 Å². The van der Waals surface area contributed by atoms with Crippen LogP contribution in [0.25, 0.3) is 6.08 Å². The van der Waals surface area contributed by atoms with Gasteiger partial charge in [-0.15, -0.1) is 10.2 Å². The van der Waals surface area contributed by atoms with Crippen LogP contribution in [0.3, 0.4) is 0 Å². The van der Waals surface area contributed by atoms with Crippen LogP contribution in [-0.2, 0) is 4.79 Å². The number of carbonyl (C=O) groups is 1. The maximum Gasteiger partial charge on any atom is 0.281 e. The van der Waals surface area contributed by atoms with Gasteiger partial charge in [-0.3, -0.25) is 0 Å². The SMILES string of the molecule is CCOc1ccccc1/C=C(\Sc1nnc(C)o1)C(=O)[O-]. The van der Waals surface area contributed by atoms with Gasteiger partial charge < -0.3 is 19.1 Å². The molecule has 0 atom stereocenters. The van der Waals surface area contributed by atoms with E-state index in [4.69, 9.17) is 9.15 Å². The monoisotopic (exact) mass is 305 g/mol. The van der Waals surface area contributed by atoms with E-state index in [1.54, 1.807) is 25.1 Å². The summed E-state index contributed by atoms with van der Waals surface area (Å²) in [6, 6.07) is 7.13. The van der Waals surface area contributed by atoms with Crippen LogP contribution in [0.1, 0.15) is 18.4 Å². The molecule has 0 aliphatic carbocycles. The second-order valence-corrected chi connectivity index (χ2v) is 4.95. The number of carbonyl (C=O) groups excluding carboxylic acids is 1. The Morgan fingerprint density at radius 3 is 2.81 bits per heavy atom. The number of aliphatic carboxylic acids is 1. The molecule has 7 heteroatoms. The van der Waals surface area contributed by atoms with Crippen LogP contribution in [0.5, 0.6) is 5.75 Å². The Bertz CT molecular complexity index is 666. The lowest BCUT2D eigenvalue weighted by molar-refractivity contribution is -0.298. The zero-order valence-corrected chi connectivity index (χ0v) is 12.3. The molecule has 0 aliphatic heterocycles. The van der Waals surface area contributed by atoms with Gasteiger partial charge in [0, 0.05) is 17.4 Å². The topological polar surface area (TPSA) is 88.3 Å². The molecule has 110 valence electrons. The molecule has 0 bridgehead atoms. The third-order valence-electron chi connectivity index (χ3n) is 2.41. The van der Waals surface area contributed by atoms with Crippen LogP contribution in [0.4, 0.5) is 0 Å². The zero-order valence-electron chi connectivity index (χ0n) is 11.5. The van der Waals surface area contributed by atoms with Gasteiger partial charge in [-0.25, -0.2) is 0 Å². The summed E-state index contributed by atoms with van der Waals surface area (Å²) in [5.74, 6) is -0.354. The van der Waals surface area contributed by atoms with E-state index in [1.807, 2.05) is 13.0 Å². The summed E-state index contributed by atoms with van der Waals surface area (Å²) in [5.41, 5.74) is 0.641. The van der Waals surface area contributed by atoms with Crippen LogP contribution < -0.4 is 9.84 Å². The van der Waals surface area contributed by atoms with E-state index in [9.17, 15) is 9.90 Å². The number of carboxylic acid groups (broad SMARTS) is 1. The lowest BCUT2D eigenvalue weighted by atomic mass is 10.2. The number of hydrogen-bond acceptors (Lipinski definition) is 7. The highest BCUT2D eigenvalue weighted by Gasteiger charge is 2.10. The number of aryl methyl sites for hydroxylation is 1. The van der Waals surface area contributed by atoms with E-state index in [1.165, 1.54) is 6.08 Å². The third-order valence-corrected chi connectivity index (χ3v) is 3.26. The number of hydrogen-bond donors (Lipinski definition) is 0. The van der Waals surface area contributed by atoms with Crippen molar-refractivity contribution in [2.24, 2.45) is 0 Å². The first-order chi connectivity index (χ1) is 10.1. The average Bonchev–Trinajstić information content (AvgIpc) is 2.86. The van der Waals surface area contributed by atoms with Crippen LogP contribution in [0.15, 0.2) is 38.8 Å². The minimum Gasteiger partial charge on any atom is -0.544 e. The number of ether oxygens (including phenoxy) is 1. The second-order valence-electron chi connectivity index (χ2n) is 3.96. The summed E-state index contributed by atoms with van der Waals surface area (Å²) >= 11 is 0.843. The molecule has 6 nitrogen and oxygen atoms in total. The van der Waals surface area contributed by atoms with Crippen molar-refractivity contribution >= 4 is 23.8 Å². The minimum atomic E-state index is -1.32. The average molecular weight is 305 g/mol. The molecule has 0 saturated heterocycles. The van der Waals surface area contributed by atoms with E-state index in [0.717, 1.165) is 11.8 Å². The molecule has 0 fully saturated rings. The van der Waals surface area contributed by atoms with Gasteiger partial charge in [-0.05, 0) is 30.8 Å². The molecule has 0 radical (unpaired) electrons. The Balaban J connectivity index is 2.31. The molecular formula is C14H13N2O4S-. The molecule has 21 heavy (non-hydrogen) atoms. The van der Waals surface area contributed by atoms with Crippen LogP contribution in [0, 0.1) is 6.92 Å². The molecule has 2 aromatic rings. The highest BCUT2D eigenvalue weighted by atomic mass is 32.2.